The molecule has 1 aromatic rings. The topological polar surface area (TPSA) is 55.1 Å². The average Bonchev–Trinajstić information content (AvgIpc) is 2.27. The lowest BCUT2D eigenvalue weighted by atomic mass is 10.0. The Morgan fingerprint density at radius 3 is 2.38 bits per heavy atom. The summed E-state index contributed by atoms with van der Waals surface area (Å²) >= 11 is 3.10. The van der Waals surface area contributed by atoms with Gasteiger partial charge in [0.2, 0.25) is 0 Å². The lowest BCUT2D eigenvalue weighted by Gasteiger charge is -2.13. The molecular weight excluding hydrogens is 325 g/mol. The zero-order chi connectivity index (χ0) is 15.8. The molecule has 0 saturated heterocycles. The quantitative estimate of drug-likeness (QED) is 0.730. The molecule has 1 amide bonds. The number of amides is 1. The van der Waals surface area contributed by atoms with Crippen LogP contribution in [0.25, 0.3) is 0 Å². The maximum atomic E-state index is 12.4. The molecule has 0 aliphatic heterocycles. The van der Waals surface area contributed by atoms with Crippen molar-refractivity contribution in [3.63, 3.8) is 0 Å². The van der Waals surface area contributed by atoms with Gasteiger partial charge in [0, 0.05) is 6.04 Å². The van der Waals surface area contributed by atoms with Crippen molar-refractivity contribution in [2.45, 2.75) is 32.5 Å². The highest BCUT2D eigenvalue weighted by molar-refractivity contribution is 7.96. The van der Waals surface area contributed by atoms with Gasteiger partial charge in [0.1, 0.15) is 0 Å². The number of likely N-dealkylation sites (N-methyl/N-ethyl adjacent to an activating group) is 1. The summed E-state index contributed by atoms with van der Waals surface area (Å²) in [4.78, 5) is 9.09. The number of alkyl halides is 3. The summed E-state index contributed by atoms with van der Waals surface area (Å²) in [7, 11) is 0. The second-order valence-corrected chi connectivity index (χ2v) is 4.64. The highest BCUT2D eigenvalue weighted by atomic mass is 35.5. The van der Waals surface area contributed by atoms with Crippen LogP contribution in [0.2, 0.25) is 0 Å². The summed E-state index contributed by atoms with van der Waals surface area (Å²) in [6.45, 7) is 4.76. The number of halogens is 4. The molecule has 3 N–H and O–H groups in total. The summed E-state index contributed by atoms with van der Waals surface area (Å²) in [5.74, 6) is 0. The molecule has 0 heterocycles. The molecule has 0 saturated carbocycles. The number of hydrogen-bond donors (Lipinski definition) is 3. The number of hydrogen-bond acceptors (Lipinski definition) is 2. The average molecular weight is 345 g/mol. The lowest BCUT2D eigenvalue weighted by molar-refractivity contribution is -0.137. The summed E-state index contributed by atoms with van der Waals surface area (Å²) in [6, 6.07) is 5.68. The minimum atomic E-state index is -4.25. The Morgan fingerprint density at radius 2 is 1.95 bits per heavy atom. The fourth-order valence-electron chi connectivity index (χ4n) is 1.65. The Labute approximate surface area is 134 Å². The van der Waals surface area contributed by atoms with Gasteiger partial charge in [-0.05, 0) is 31.5 Å². The molecule has 1 atom stereocenters. The maximum absolute atomic E-state index is 12.4. The zero-order valence-electron chi connectivity index (χ0n) is 11.8. The Balaban J connectivity index is 0. The van der Waals surface area contributed by atoms with Crippen molar-refractivity contribution in [2.24, 2.45) is 5.73 Å². The first-order valence-corrected chi connectivity index (χ1v) is 6.49. The molecule has 0 spiro atoms. The largest absolute Gasteiger partial charge is 0.416 e. The summed E-state index contributed by atoms with van der Waals surface area (Å²) in [6.07, 6.45) is -3.64. The van der Waals surface area contributed by atoms with Gasteiger partial charge in [-0.25, -0.2) is 0 Å². The minimum absolute atomic E-state index is 0. The van der Waals surface area contributed by atoms with Crippen LogP contribution in [-0.4, -0.2) is 17.8 Å². The third-order valence-corrected chi connectivity index (χ3v) is 2.35. The van der Waals surface area contributed by atoms with Gasteiger partial charge < -0.3 is 11.1 Å². The smallest absolute Gasteiger partial charge is 0.361 e. The predicted molar refractivity (Wildman–Crippen MR) is 84.1 cm³/mol. The first-order valence-electron chi connectivity index (χ1n) is 6.04. The molecule has 0 aliphatic rings. The number of carbonyl (C=O) groups is 1. The standard InChI is InChI=1S/C12H16F3N.CH3NOS.ClH/c1-3-16-9(2)7-10-5-4-6-11(8-10)12(13,14)15;2-1(3)4;/h4-6,8-9,16H,3,7H2,1-2H3;(H3,2,3,4);1H. The van der Waals surface area contributed by atoms with E-state index in [9.17, 15) is 13.2 Å². The fraction of sp³-hybridized carbons (Fsp3) is 0.462. The van der Waals surface area contributed by atoms with Crippen molar-refractivity contribution >= 4 is 30.3 Å². The normalized spacial score (nSPS) is 11.7. The van der Waals surface area contributed by atoms with E-state index in [1.54, 1.807) is 6.07 Å². The number of primary amides is 1. The molecule has 0 aromatic heterocycles. The summed E-state index contributed by atoms with van der Waals surface area (Å²) in [5.41, 5.74) is 4.47. The van der Waals surface area contributed by atoms with Crippen molar-refractivity contribution in [2.75, 3.05) is 6.54 Å². The van der Waals surface area contributed by atoms with E-state index in [0.29, 0.717) is 12.0 Å². The van der Waals surface area contributed by atoms with E-state index >= 15 is 0 Å². The van der Waals surface area contributed by atoms with Crippen LogP contribution >= 0.6 is 25.0 Å². The van der Waals surface area contributed by atoms with Crippen LogP contribution in [0, 0.1) is 0 Å². The van der Waals surface area contributed by atoms with Gasteiger partial charge in [0.25, 0.3) is 5.24 Å². The highest BCUT2D eigenvalue weighted by Gasteiger charge is 2.30. The van der Waals surface area contributed by atoms with Crippen molar-refractivity contribution < 1.29 is 18.0 Å². The zero-order valence-corrected chi connectivity index (χ0v) is 13.5. The second-order valence-electron chi connectivity index (χ2n) is 4.20. The van der Waals surface area contributed by atoms with Gasteiger partial charge in [-0.15, -0.1) is 12.4 Å². The molecule has 0 radical (unpaired) electrons. The lowest BCUT2D eigenvalue weighted by Crippen LogP contribution is -2.27. The molecule has 0 fully saturated rings. The van der Waals surface area contributed by atoms with Gasteiger partial charge in [-0.2, -0.15) is 13.2 Å². The van der Waals surface area contributed by atoms with Crippen LogP contribution in [0.5, 0.6) is 0 Å². The van der Waals surface area contributed by atoms with E-state index < -0.39 is 17.0 Å². The van der Waals surface area contributed by atoms with Gasteiger partial charge >= 0.3 is 6.18 Å². The Morgan fingerprint density at radius 1 is 1.43 bits per heavy atom. The molecule has 1 aromatic carbocycles. The maximum Gasteiger partial charge on any atom is 0.416 e. The first kappa shape index (κ1) is 22.4. The van der Waals surface area contributed by atoms with Crippen LogP contribution in [0.15, 0.2) is 24.3 Å². The van der Waals surface area contributed by atoms with Gasteiger partial charge in [-0.3, -0.25) is 4.79 Å². The molecule has 122 valence electrons. The molecule has 1 unspecified atom stereocenters. The number of benzene rings is 1. The molecule has 21 heavy (non-hydrogen) atoms. The van der Waals surface area contributed by atoms with Crippen molar-refractivity contribution in [3.8, 4) is 0 Å². The Hall–Kier alpha value is -0.920. The van der Waals surface area contributed by atoms with Gasteiger partial charge in [-0.1, -0.05) is 37.8 Å². The molecule has 3 nitrogen and oxygen atoms in total. The van der Waals surface area contributed by atoms with Gasteiger partial charge in [0.05, 0.1) is 5.56 Å². The second kappa shape index (κ2) is 10.8. The van der Waals surface area contributed by atoms with Crippen LogP contribution in [0.3, 0.4) is 0 Å². The van der Waals surface area contributed by atoms with E-state index in [4.69, 9.17) is 4.79 Å². The Bertz CT molecular complexity index is 426. The number of rotatable bonds is 4. The number of thiol groups is 1. The van der Waals surface area contributed by atoms with E-state index in [2.05, 4.69) is 23.7 Å². The van der Waals surface area contributed by atoms with E-state index in [0.717, 1.165) is 12.6 Å². The van der Waals surface area contributed by atoms with E-state index in [1.165, 1.54) is 12.1 Å². The minimum Gasteiger partial charge on any atom is -0.361 e. The number of nitrogens with one attached hydrogen (secondary N) is 1. The van der Waals surface area contributed by atoms with E-state index in [-0.39, 0.29) is 18.4 Å². The number of nitrogens with two attached hydrogens (primary N) is 1. The van der Waals surface area contributed by atoms with Gasteiger partial charge in [0.15, 0.2) is 0 Å². The van der Waals surface area contributed by atoms with Crippen LogP contribution in [0.4, 0.5) is 18.0 Å². The van der Waals surface area contributed by atoms with Crippen molar-refractivity contribution in [1.82, 2.24) is 5.32 Å². The monoisotopic (exact) mass is 344 g/mol. The third kappa shape index (κ3) is 11.4. The highest BCUT2D eigenvalue weighted by Crippen LogP contribution is 2.29. The molecular formula is C13H20ClF3N2OS. The van der Waals surface area contributed by atoms with Crippen molar-refractivity contribution in [1.29, 1.82) is 0 Å². The van der Waals surface area contributed by atoms with Crippen LogP contribution < -0.4 is 11.1 Å². The molecule has 1 rings (SSSR count). The predicted octanol–water partition coefficient (Wildman–Crippen LogP) is 3.66. The summed E-state index contributed by atoms with van der Waals surface area (Å²) in [5, 5.41) is 2.53. The van der Waals surface area contributed by atoms with Crippen LogP contribution in [-0.2, 0) is 12.6 Å². The number of carbonyl (C=O) groups excluding carboxylic acids is 1. The third-order valence-electron chi connectivity index (χ3n) is 2.35. The molecule has 0 bridgehead atoms. The Kier molecular flexibility index (Phi) is 11.5. The first-order chi connectivity index (χ1) is 9.16. The van der Waals surface area contributed by atoms with E-state index in [1.807, 2.05) is 13.8 Å². The molecule has 8 heteroatoms. The fourth-order valence-corrected chi connectivity index (χ4v) is 1.65. The molecule has 0 aliphatic carbocycles. The van der Waals surface area contributed by atoms with Crippen LogP contribution in [0.1, 0.15) is 25.0 Å². The van der Waals surface area contributed by atoms with Crippen molar-refractivity contribution in [3.05, 3.63) is 35.4 Å². The SMILES string of the molecule is CCNC(C)Cc1cccc(C(F)(F)F)c1.Cl.NC(=O)S. The summed E-state index contributed by atoms with van der Waals surface area (Å²) < 4.78 is 37.3.